The van der Waals surface area contributed by atoms with Gasteiger partial charge in [0.1, 0.15) is 5.75 Å². The Labute approximate surface area is 112 Å². The van der Waals surface area contributed by atoms with Gasteiger partial charge >= 0.3 is 0 Å². The number of benzene rings is 1. The fourth-order valence-corrected chi connectivity index (χ4v) is 1.85. The van der Waals surface area contributed by atoms with E-state index in [2.05, 4.69) is 4.98 Å². The highest BCUT2D eigenvalue weighted by Crippen LogP contribution is 2.26. The predicted molar refractivity (Wildman–Crippen MR) is 73.3 cm³/mol. The maximum atomic E-state index is 5.89. The molecular weight excluding hydrogens is 248 g/mol. The number of nitrogens with zero attached hydrogens (tertiary/aromatic N) is 1. The summed E-state index contributed by atoms with van der Waals surface area (Å²) in [5.74, 6) is 1.33. The summed E-state index contributed by atoms with van der Waals surface area (Å²) in [6.45, 7) is 2.57. The molecule has 1 aromatic heterocycles. The molecule has 0 saturated heterocycles. The molecule has 4 heteroatoms. The largest absolute Gasteiger partial charge is 0.439 e. The normalized spacial score (nSPS) is 10.4. The van der Waals surface area contributed by atoms with Gasteiger partial charge in [0, 0.05) is 17.3 Å². The fourth-order valence-electron chi connectivity index (χ4n) is 1.63. The Balaban J connectivity index is 2.13. The van der Waals surface area contributed by atoms with Crippen LogP contribution in [0.1, 0.15) is 11.1 Å². The third-order valence-electron chi connectivity index (χ3n) is 2.58. The average molecular weight is 263 g/mol. The number of hydrogen-bond acceptors (Lipinski definition) is 3. The molecule has 0 bridgehead atoms. The van der Waals surface area contributed by atoms with Crippen molar-refractivity contribution in [3.8, 4) is 11.6 Å². The molecule has 0 fully saturated rings. The summed E-state index contributed by atoms with van der Waals surface area (Å²) in [7, 11) is 0. The Kier molecular flexibility index (Phi) is 4.18. The molecule has 0 radical (unpaired) electrons. The summed E-state index contributed by atoms with van der Waals surface area (Å²) in [6, 6.07) is 9.32. The summed E-state index contributed by atoms with van der Waals surface area (Å²) in [5, 5.41) is 0.700. The lowest BCUT2D eigenvalue weighted by atomic mass is 10.2. The number of rotatable bonds is 4. The minimum atomic E-state index is 0.571. The van der Waals surface area contributed by atoms with Crippen LogP contribution < -0.4 is 10.5 Å². The Morgan fingerprint density at radius 2 is 2.11 bits per heavy atom. The molecule has 0 unspecified atom stereocenters. The van der Waals surface area contributed by atoms with Crippen LogP contribution in [0.2, 0.25) is 5.02 Å². The van der Waals surface area contributed by atoms with Crippen LogP contribution in [-0.4, -0.2) is 11.5 Å². The second-order valence-corrected chi connectivity index (χ2v) is 4.49. The number of pyridine rings is 1. The molecule has 3 nitrogen and oxygen atoms in total. The van der Waals surface area contributed by atoms with Crippen molar-refractivity contribution in [1.82, 2.24) is 4.98 Å². The van der Waals surface area contributed by atoms with Gasteiger partial charge in [-0.05, 0) is 49.2 Å². The van der Waals surface area contributed by atoms with E-state index in [0.717, 1.165) is 23.3 Å². The topological polar surface area (TPSA) is 48.1 Å². The van der Waals surface area contributed by atoms with Crippen LogP contribution in [0.5, 0.6) is 11.6 Å². The number of ether oxygens (including phenoxy) is 1. The third-order valence-corrected chi connectivity index (χ3v) is 2.82. The summed E-state index contributed by atoms with van der Waals surface area (Å²) in [6.07, 6.45) is 2.61. The van der Waals surface area contributed by atoms with Crippen molar-refractivity contribution in [2.45, 2.75) is 13.3 Å². The highest BCUT2D eigenvalue weighted by Gasteiger charge is 2.03. The van der Waals surface area contributed by atoms with E-state index in [0.29, 0.717) is 17.4 Å². The number of aromatic nitrogens is 1. The Bertz CT molecular complexity index is 526. The molecule has 0 spiro atoms. The molecule has 2 N–H and O–H groups in total. The standard InChI is InChI=1S/C14H15ClN2O/c1-10-8-12(15)3-4-13(10)18-14-5-2-11(6-7-16)9-17-14/h2-5,8-9H,6-7,16H2,1H3. The van der Waals surface area contributed by atoms with Crippen molar-refractivity contribution >= 4 is 11.6 Å². The zero-order valence-corrected chi connectivity index (χ0v) is 10.9. The van der Waals surface area contributed by atoms with Gasteiger partial charge in [0.25, 0.3) is 0 Å². The molecular formula is C14H15ClN2O. The Morgan fingerprint density at radius 1 is 1.28 bits per heavy atom. The van der Waals surface area contributed by atoms with Crippen molar-refractivity contribution in [2.24, 2.45) is 5.73 Å². The zero-order valence-electron chi connectivity index (χ0n) is 10.2. The number of aryl methyl sites for hydroxylation is 1. The second-order valence-electron chi connectivity index (χ2n) is 4.06. The van der Waals surface area contributed by atoms with Crippen LogP contribution in [0.3, 0.4) is 0 Å². The minimum Gasteiger partial charge on any atom is -0.439 e. The van der Waals surface area contributed by atoms with Crippen molar-refractivity contribution in [1.29, 1.82) is 0 Å². The lowest BCUT2D eigenvalue weighted by Gasteiger charge is -2.08. The van der Waals surface area contributed by atoms with Crippen molar-refractivity contribution in [3.05, 3.63) is 52.7 Å². The first-order chi connectivity index (χ1) is 8.69. The van der Waals surface area contributed by atoms with Crippen LogP contribution in [0.15, 0.2) is 36.5 Å². The highest BCUT2D eigenvalue weighted by atomic mass is 35.5. The van der Waals surface area contributed by atoms with E-state index in [-0.39, 0.29) is 0 Å². The van der Waals surface area contributed by atoms with Crippen LogP contribution in [0, 0.1) is 6.92 Å². The molecule has 2 aromatic rings. The summed E-state index contributed by atoms with van der Waals surface area (Å²) >= 11 is 5.89. The maximum absolute atomic E-state index is 5.89. The van der Waals surface area contributed by atoms with Crippen LogP contribution >= 0.6 is 11.6 Å². The van der Waals surface area contributed by atoms with E-state index >= 15 is 0 Å². The average Bonchev–Trinajstić information content (AvgIpc) is 2.35. The molecule has 1 heterocycles. The van der Waals surface area contributed by atoms with E-state index in [1.165, 1.54) is 0 Å². The Hall–Kier alpha value is -1.58. The molecule has 1 aromatic carbocycles. The van der Waals surface area contributed by atoms with Gasteiger partial charge in [-0.25, -0.2) is 4.98 Å². The molecule has 0 aliphatic heterocycles. The predicted octanol–water partition coefficient (Wildman–Crippen LogP) is 3.34. The van der Waals surface area contributed by atoms with E-state index in [9.17, 15) is 0 Å². The smallest absolute Gasteiger partial charge is 0.219 e. The van der Waals surface area contributed by atoms with Crippen LogP contribution in [0.4, 0.5) is 0 Å². The first kappa shape index (κ1) is 12.9. The van der Waals surface area contributed by atoms with Crippen molar-refractivity contribution in [2.75, 3.05) is 6.54 Å². The zero-order chi connectivity index (χ0) is 13.0. The number of halogens is 1. The van der Waals surface area contributed by atoms with E-state index in [4.69, 9.17) is 22.1 Å². The van der Waals surface area contributed by atoms with Gasteiger partial charge < -0.3 is 10.5 Å². The second kappa shape index (κ2) is 5.85. The van der Waals surface area contributed by atoms with E-state index in [1.807, 2.05) is 31.2 Å². The quantitative estimate of drug-likeness (QED) is 0.919. The van der Waals surface area contributed by atoms with Gasteiger partial charge in [0.05, 0.1) is 0 Å². The SMILES string of the molecule is Cc1cc(Cl)ccc1Oc1ccc(CCN)cn1. The molecule has 0 aliphatic carbocycles. The number of nitrogens with two attached hydrogens (primary N) is 1. The molecule has 94 valence electrons. The highest BCUT2D eigenvalue weighted by molar-refractivity contribution is 6.30. The lowest BCUT2D eigenvalue weighted by Crippen LogP contribution is -2.02. The molecule has 2 rings (SSSR count). The lowest BCUT2D eigenvalue weighted by molar-refractivity contribution is 0.459. The molecule has 0 aliphatic rings. The number of hydrogen-bond donors (Lipinski definition) is 1. The van der Waals surface area contributed by atoms with Gasteiger partial charge in [-0.1, -0.05) is 17.7 Å². The van der Waals surface area contributed by atoms with Gasteiger partial charge in [-0.3, -0.25) is 0 Å². The van der Waals surface area contributed by atoms with Crippen molar-refractivity contribution in [3.63, 3.8) is 0 Å². The summed E-state index contributed by atoms with van der Waals surface area (Å²) in [4.78, 5) is 4.25. The third kappa shape index (κ3) is 3.22. The molecule has 0 saturated carbocycles. The first-order valence-corrected chi connectivity index (χ1v) is 6.16. The Morgan fingerprint density at radius 3 is 2.72 bits per heavy atom. The summed E-state index contributed by atoms with van der Waals surface area (Å²) in [5.41, 5.74) is 7.58. The van der Waals surface area contributed by atoms with Gasteiger partial charge in [0.2, 0.25) is 5.88 Å². The van der Waals surface area contributed by atoms with E-state index < -0.39 is 0 Å². The fraction of sp³-hybridized carbons (Fsp3) is 0.214. The van der Waals surface area contributed by atoms with Gasteiger partial charge in [0.15, 0.2) is 0 Å². The van der Waals surface area contributed by atoms with Crippen LogP contribution in [0.25, 0.3) is 0 Å². The van der Waals surface area contributed by atoms with Crippen LogP contribution in [-0.2, 0) is 6.42 Å². The monoisotopic (exact) mass is 262 g/mol. The van der Waals surface area contributed by atoms with Gasteiger partial charge in [-0.15, -0.1) is 0 Å². The molecule has 0 atom stereocenters. The maximum Gasteiger partial charge on any atom is 0.219 e. The van der Waals surface area contributed by atoms with Gasteiger partial charge in [-0.2, -0.15) is 0 Å². The summed E-state index contributed by atoms with van der Waals surface area (Å²) < 4.78 is 5.70. The van der Waals surface area contributed by atoms with Crippen molar-refractivity contribution < 1.29 is 4.74 Å². The van der Waals surface area contributed by atoms with E-state index in [1.54, 1.807) is 12.3 Å². The minimum absolute atomic E-state index is 0.571. The molecule has 18 heavy (non-hydrogen) atoms. The first-order valence-electron chi connectivity index (χ1n) is 5.78. The molecule has 0 amide bonds.